The van der Waals surface area contributed by atoms with Gasteiger partial charge in [0.25, 0.3) is 0 Å². The van der Waals surface area contributed by atoms with Gasteiger partial charge in [-0.2, -0.15) is 0 Å². The number of hydrogen-bond donors (Lipinski definition) is 1. The van der Waals surface area contributed by atoms with Gasteiger partial charge in [-0.3, -0.25) is 4.79 Å². The van der Waals surface area contributed by atoms with Gasteiger partial charge in [0, 0.05) is 0 Å². The maximum Gasteiger partial charge on any atom is 0.307 e. The smallest absolute Gasteiger partial charge is 0.307 e. The summed E-state index contributed by atoms with van der Waals surface area (Å²) in [7, 11) is 0. The first-order valence-electron chi connectivity index (χ1n) is 4.81. The number of carboxylic acid groups (broad SMARTS) is 1. The van der Waals surface area contributed by atoms with Gasteiger partial charge >= 0.3 is 5.97 Å². The van der Waals surface area contributed by atoms with Crippen LogP contribution in [0.2, 0.25) is 0 Å². The zero-order valence-electron chi connectivity index (χ0n) is 8.47. The average Bonchev–Trinajstić information content (AvgIpc) is 2.27. The van der Waals surface area contributed by atoms with E-state index in [1.165, 1.54) is 0 Å². The Morgan fingerprint density at radius 2 is 1.88 bits per heavy atom. The fraction of sp³-hybridized carbons (Fsp3) is 0.0769. The van der Waals surface area contributed by atoms with Crippen LogP contribution >= 0.6 is 0 Å². The molecule has 0 aliphatic heterocycles. The monoisotopic (exact) mass is 211 g/mol. The van der Waals surface area contributed by atoms with Crippen molar-refractivity contribution in [2.45, 2.75) is 6.42 Å². The molecule has 2 rings (SSSR count). The Labute approximate surface area is 92.8 Å². The van der Waals surface area contributed by atoms with Gasteiger partial charge in [-0.05, 0) is 22.4 Å². The summed E-state index contributed by atoms with van der Waals surface area (Å²) in [6.07, 6.45) is 0.0283. The average molecular weight is 211 g/mol. The van der Waals surface area contributed by atoms with Crippen LogP contribution in [-0.4, -0.2) is 11.1 Å². The van der Waals surface area contributed by atoms with Crippen LogP contribution in [0.5, 0.6) is 0 Å². The fourth-order valence-corrected chi connectivity index (χ4v) is 1.64. The number of carboxylic acids is 1. The third kappa shape index (κ3) is 2.01. The standard InChI is InChI=1S/C13H9NO2/c1-14-12-5-4-10-6-9(7-13(15)16)2-3-11(10)8-12/h2-6,8H,7H2,(H,15,16). The molecule has 0 aliphatic rings. The quantitative estimate of drug-likeness (QED) is 0.776. The summed E-state index contributed by atoms with van der Waals surface area (Å²) in [5.41, 5.74) is 1.37. The van der Waals surface area contributed by atoms with Gasteiger partial charge in [-0.15, -0.1) is 0 Å². The molecule has 3 heteroatoms. The van der Waals surface area contributed by atoms with E-state index in [1.807, 2.05) is 18.2 Å². The summed E-state index contributed by atoms with van der Waals surface area (Å²) in [5, 5.41) is 10.6. The first-order chi connectivity index (χ1) is 7.69. The molecule has 2 aromatic carbocycles. The predicted octanol–water partition coefficient (Wildman–Crippen LogP) is 3.02. The van der Waals surface area contributed by atoms with Gasteiger partial charge < -0.3 is 5.11 Å². The van der Waals surface area contributed by atoms with Crippen molar-refractivity contribution < 1.29 is 9.90 Å². The van der Waals surface area contributed by atoms with Crippen LogP contribution in [0.4, 0.5) is 5.69 Å². The van der Waals surface area contributed by atoms with E-state index in [9.17, 15) is 4.79 Å². The predicted molar refractivity (Wildman–Crippen MR) is 61.5 cm³/mol. The van der Waals surface area contributed by atoms with E-state index >= 15 is 0 Å². The highest BCUT2D eigenvalue weighted by molar-refractivity contribution is 5.87. The highest BCUT2D eigenvalue weighted by Crippen LogP contribution is 2.22. The van der Waals surface area contributed by atoms with Crippen molar-refractivity contribution in [3.63, 3.8) is 0 Å². The maximum atomic E-state index is 10.6. The highest BCUT2D eigenvalue weighted by atomic mass is 16.4. The van der Waals surface area contributed by atoms with Crippen LogP contribution in [0.1, 0.15) is 5.56 Å². The lowest BCUT2D eigenvalue weighted by molar-refractivity contribution is -0.136. The van der Waals surface area contributed by atoms with E-state index < -0.39 is 5.97 Å². The number of fused-ring (bicyclic) bond motifs is 1. The molecule has 0 fully saturated rings. The highest BCUT2D eigenvalue weighted by Gasteiger charge is 2.02. The molecule has 78 valence electrons. The van der Waals surface area contributed by atoms with Gasteiger partial charge in [-0.25, -0.2) is 4.85 Å². The molecule has 16 heavy (non-hydrogen) atoms. The second kappa shape index (κ2) is 4.03. The van der Waals surface area contributed by atoms with Gasteiger partial charge in [-0.1, -0.05) is 30.3 Å². The summed E-state index contributed by atoms with van der Waals surface area (Å²) < 4.78 is 0. The minimum atomic E-state index is -0.836. The second-order valence-electron chi connectivity index (χ2n) is 3.55. The lowest BCUT2D eigenvalue weighted by Crippen LogP contribution is -1.99. The summed E-state index contributed by atoms with van der Waals surface area (Å²) in [4.78, 5) is 13.9. The lowest BCUT2D eigenvalue weighted by atomic mass is 10.0. The number of nitrogens with zero attached hydrogens (tertiary/aromatic N) is 1. The van der Waals surface area contributed by atoms with E-state index in [1.54, 1.807) is 18.2 Å². The Balaban J connectivity index is 2.48. The SMILES string of the molecule is [C-]#[N+]c1ccc2cc(CC(=O)O)ccc2c1. The van der Waals surface area contributed by atoms with Crippen molar-refractivity contribution in [1.29, 1.82) is 0 Å². The molecule has 0 unspecified atom stereocenters. The number of rotatable bonds is 2. The fourth-order valence-electron chi connectivity index (χ4n) is 1.64. The first-order valence-corrected chi connectivity index (χ1v) is 4.81. The van der Waals surface area contributed by atoms with Crippen LogP contribution in [0.3, 0.4) is 0 Å². The molecule has 1 N–H and O–H groups in total. The number of hydrogen-bond acceptors (Lipinski definition) is 1. The van der Waals surface area contributed by atoms with Gasteiger partial charge in [0.15, 0.2) is 5.69 Å². The molecule has 0 saturated heterocycles. The summed E-state index contributed by atoms with van der Waals surface area (Å²) >= 11 is 0. The molecule has 3 nitrogen and oxygen atoms in total. The Morgan fingerprint density at radius 3 is 2.56 bits per heavy atom. The second-order valence-corrected chi connectivity index (χ2v) is 3.55. The summed E-state index contributed by atoms with van der Waals surface area (Å²) in [6.45, 7) is 6.90. The van der Waals surface area contributed by atoms with Crippen molar-refractivity contribution in [2.75, 3.05) is 0 Å². The Bertz CT molecular complexity index is 596. The Morgan fingerprint density at radius 1 is 1.19 bits per heavy atom. The van der Waals surface area contributed by atoms with E-state index in [4.69, 9.17) is 11.7 Å². The normalized spacial score (nSPS) is 9.94. The van der Waals surface area contributed by atoms with Crippen molar-refractivity contribution in [2.24, 2.45) is 0 Å². The third-order valence-corrected chi connectivity index (χ3v) is 2.37. The van der Waals surface area contributed by atoms with Crippen LogP contribution in [0, 0.1) is 6.57 Å². The zero-order chi connectivity index (χ0) is 11.5. The van der Waals surface area contributed by atoms with Gasteiger partial charge in [0.05, 0.1) is 13.0 Å². The Hall–Kier alpha value is -2.34. The van der Waals surface area contributed by atoms with Crippen LogP contribution in [-0.2, 0) is 11.2 Å². The zero-order valence-corrected chi connectivity index (χ0v) is 8.47. The molecule has 0 heterocycles. The molecule has 0 saturated carbocycles. The number of carbonyl (C=O) groups is 1. The van der Waals surface area contributed by atoms with E-state index in [-0.39, 0.29) is 6.42 Å². The largest absolute Gasteiger partial charge is 0.481 e. The van der Waals surface area contributed by atoms with Crippen molar-refractivity contribution in [1.82, 2.24) is 0 Å². The molecule has 0 amide bonds. The lowest BCUT2D eigenvalue weighted by Gasteiger charge is -2.01. The summed E-state index contributed by atoms with van der Waals surface area (Å²) in [6, 6.07) is 10.9. The van der Waals surface area contributed by atoms with Gasteiger partial charge in [0.2, 0.25) is 0 Å². The molecule has 0 radical (unpaired) electrons. The topological polar surface area (TPSA) is 41.7 Å². The van der Waals surface area contributed by atoms with E-state index in [2.05, 4.69) is 4.85 Å². The first kappa shape index (κ1) is 10.2. The van der Waals surface area contributed by atoms with E-state index in [0.29, 0.717) is 5.69 Å². The minimum Gasteiger partial charge on any atom is -0.481 e. The molecule has 2 aromatic rings. The minimum absolute atomic E-state index is 0.0283. The molecular formula is C13H9NO2. The Kier molecular flexibility index (Phi) is 2.57. The van der Waals surface area contributed by atoms with Crippen molar-refractivity contribution in [3.05, 3.63) is 53.4 Å². The van der Waals surface area contributed by atoms with Crippen molar-refractivity contribution >= 4 is 22.4 Å². The molecule has 0 aliphatic carbocycles. The molecular weight excluding hydrogens is 202 g/mol. The number of aliphatic carboxylic acids is 1. The van der Waals surface area contributed by atoms with E-state index in [0.717, 1.165) is 16.3 Å². The van der Waals surface area contributed by atoms with Crippen LogP contribution in [0.15, 0.2) is 36.4 Å². The molecule has 0 aromatic heterocycles. The van der Waals surface area contributed by atoms with Gasteiger partial charge in [0.1, 0.15) is 0 Å². The number of benzene rings is 2. The summed E-state index contributed by atoms with van der Waals surface area (Å²) in [5.74, 6) is -0.836. The molecule has 0 spiro atoms. The van der Waals surface area contributed by atoms with Crippen molar-refractivity contribution in [3.8, 4) is 0 Å². The molecule has 0 bridgehead atoms. The maximum absolute atomic E-state index is 10.6. The van der Waals surface area contributed by atoms with Crippen LogP contribution in [0.25, 0.3) is 15.6 Å². The molecule has 0 atom stereocenters. The van der Waals surface area contributed by atoms with Crippen LogP contribution < -0.4 is 0 Å². The third-order valence-electron chi connectivity index (χ3n) is 2.37.